The molecule has 536 valence electrons. The van der Waals surface area contributed by atoms with Crippen molar-refractivity contribution in [2.45, 2.75) is 270 Å². The number of aromatic nitrogens is 2. The lowest BCUT2D eigenvalue weighted by Gasteiger charge is -2.25. The first-order valence-electron chi connectivity index (χ1n) is 35.8. The largest absolute Gasteiger partial charge is 0.370 e. The molecule has 0 saturated heterocycles. The van der Waals surface area contributed by atoms with Crippen LogP contribution in [0.2, 0.25) is 0 Å². The number of nitrogens with one attached hydrogen (secondary N) is 10. The van der Waals surface area contributed by atoms with Crippen molar-refractivity contribution in [3.63, 3.8) is 0 Å². The molecular formula is C73H120N14O9. The second kappa shape index (κ2) is 45.2. The van der Waals surface area contributed by atoms with Crippen LogP contribution in [0.4, 0.5) is 0 Å². The Balaban J connectivity index is 1.37. The summed E-state index contributed by atoms with van der Waals surface area (Å²) < 4.78 is 0. The molecule has 0 saturated carbocycles. The number of rotatable bonds is 51. The van der Waals surface area contributed by atoms with Gasteiger partial charge in [0.15, 0.2) is 0 Å². The van der Waals surface area contributed by atoms with Gasteiger partial charge in [-0.3, -0.25) is 43.2 Å². The van der Waals surface area contributed by atoms with E-state index in [0.717, 1.165) is 71.5 Å². The Labute approximate surface area is 570 Å². The summed E-state index contributed by atoms with van der Waals surface area (Å²) in [6, 6.07) is 13.6. The number of amides is 9. The molecule has 0 fully saturated rings. The minimum Gasteiger partial charge on any atom is -0.370 e. The van der Waals surface area contributed by atoms with Crippen LogP contribution in [0.15, 0.2) is 60.9 Å². The van der Waals surface area contributed by atoms with Crippen LogP contribution in [0.25, 0.3) is 21.8 Å². The highest BCUT2D eigenvalue weighted by Gasteiger charge is 2.26. The van der Waals surface area contributed by atoms with Gasteiger partial charge in [-0.05, 0) is 163 Å². The lowest BCUT2D eigenvalue weighted by molar-refractivity contribution is -0.125. The quantitative estimate of drug-likeness (QED) is 0.0192. The van der Waals surface area contributed by atoms with Gasteiger partial charge in [0.05, 0.1) is 0 Å². The van der Waals surface area contributed by atoms with E-state index < -0.39 is 18.0 Å². The summed E-state index contributed by atoms with van der Waals surface area (Å²) in [6.07, 6.45) is 15.9. The standard InChI is InChI=1S/C73H120N14O9/c1-48(2)61(80-51(7)88)31-39-70(93)82-54(18-12-15-41-74)25-35-69(92)85-58(45-53-47-79-65-24-11-9-22-60(53)65)29-38-73(96)87-63(50(5)6)32-40-71(94)83-55(19-13-16-42-75)26-34-68(91)84-57(44-52-46-78-64-23-10-8-21-59(52)64)28-37-67(90)81-56(20-14-17-43-76)27-36-72(95)86-62(49(3)4)30-33-66(77)89/h8-11,21-24,46-50,54-58,61-63,78-79H,12-20,25-45,74-76H2,1-7H3,(H2,77,89)(H,80,88)(H,81,90)(H,82,93)(H,83,94)(H,84,91)(H,85,92)(H,86,95)(H,87,96)/t54-,55-,56-,57+,58+,61+,62+,63+/m0/s1. The number of carbonyl (C=O) groups excluding carboxylic acids is 9. The molecule has 23 heteroatoms. The molecule has 23 nitrogen and oxygen atoms in total. The fourth-order valence-corrected chi connectivity index (χ4v) is 12.5. The second-order valence-electron chi connectivity index (χ2n) is 27.5. The van der Waals surface area contributed by atoms with E-state index in [1.54, 1.807) is 0 Å². The van der Waals surface area contributed by atoms with Crippen LogP contribution < -0.4 is 65.5 Å². The van der Waals surface area contributed by atoms with E-state index in [2.05, 4.69) is 52.5 Å². The molecule has 0 aliphatic carbocycles. The van der Waals surface area contributed by atoms with E-state index in [1.165, 1.54) is 6.92 Å². The van der Waals surface area contributed by atoms with Gasteiger partial charge in [0.2, 0.25) is 53.2 Å². The Bertz CT molecular complexity index is 3000. The van der Waals surface area contributed by atoms with Crippen LogP contribution in [0.5, 0.6) is 0 Å². The van der Waals surface area contributed by atoms with Crippen molar-refractivity contribution in [2.75, 3.05) is 19.6 Å². The predicted octanol–water partition coefficient (Wildman–Crippen LogP) is 7.41. The van der Waals surface area contributed by atoms with Gasteiger partial charge in [-0.1, -0.05) is 97.2 Å². The molecule has 2 aromatic carbocycles. The Morgan fingerprint density at radius 1 is 0.354 bits per heavy atom. The van der Waals surface area contributed by atoms with Crippen LogP contribution in [-0.2, 0) is 56.0 Å². The number of hydrogen-bond acceptors (Lipinski definition) is 12. The molecule has 0 unspecified atom stereocenters. The summed E-state index contributed by atoms with van der Waals surface area (Å²) in [7, 11) is 0. The number of fused-ring (bicyclic) bond motifs is 2. The number of hydrogen-bond donors (Lipinski definition) is 14. The first kappa shape index (κ1) is 81.1. The molecule has 0 aliphatic rings. The van der Waals surface area contributed by atoms with Gasteiger partial charge < -0.3 is 75.4 Å². The van der Waals surface area contributed by atoms with Gasteiger partial charge in [-0.25, -0.2) is 0 Å². The molecule has 4 rings (SSSR count). The summed E-state index contributed by atoms with van der Waals surface area (Å²) in [6.45, 7) is 15.0. The maximum absolute atomic E-state index is 14.0. The zero-order chi connectivity index (χ0) is 70.4. The lowest BCUT2D eigenvalue weighted by Crippen LogP contribution is -2.43. The number of unbranched alkanes of at least 4 members (excludes halogenated alkanes) is 3. The van der Waals surface area contributed by atoms with Crippen LogP contribution in [0, 0.1) is 17.8 Å². The van der Waals surface area contributed by atoms with Crippen molar-refractivity contribution in [3.8, 4) is 0 Å². The highest BCUT2D eigenvalue weighted by atomic mass is 16.2. The molecule has 18 N–H and O–H groups in total. The number of benzene rings is 2. The van der Waals surface area contributed by atoms with Gasteiger partial charge in [-0.15, -0.1) is 0 Å². The predicted molar refractivity (Wildman–Crippen MR) is 381 cm³/mol. The molecule has 0 aliphatic heterocycles. The third-order valence-electron chi connectivity index (χ3n) is 18.3. The average Bonchev–Trinajstić information content (AvgIpc) is 1.70. The normalized spacial score (nSPS) is 14.1. The Morgan fingerprint density at radius 2 is 0.635 bits per heavy atom. The Morgan fingerprint density at radius 3 is 0.948 bits per heavy atom. The molecule has 8 atom stereocenters. The minimum atomic E-state index is -0.421. The van der Waals surface area contributed by atoms with Crippen LogP contribution in [0.3, 0.4) is 0 Å². The smallest absolute Gasteiger partial charge is 0.220 e. The summed E-state index contributed by atoms with van der Waals surface area (Å²) in [5.41, 5.74) is 26.9. The van der Waals surface area contributed by atoms with Gasteiger partial charge in [-0.2, -0.15) is 0 Å². The molecule has 0 bridgehead atoms. The molecule has 0 spiro atoms. The summed E-state index contributed by atoms with van der Waals surface area (Å²) >= 11 is 0. The molecule has 2 aromatic heterocycles. The summed E-state index contributed by atoms with van der Waals surface area (Å²) in [5, 5.41) is 27.2. The maximum atomic E-state index is 14.0. The number of aromatic amines is 2. The number of H-pyrrole nitrogens is 2. The molecule has 96 heavy (non-hydrogen) atoms. The van der Waals surface area contributed by atoms with E-state index in [1.807, 2.05) is 102 Å². The number of carbonyl (C=O) groups is 9. The summed E-state index contributed by atoms with van der Waals surface area (Å²) in [4.78, 5) is 126. The van der Waals surface area contributed by atoms with Crippen molar-refractivity contribution in [3.05, 3.63) is 72.1 Å². The van der Waals surface area contributed by atoms with Gasteiger partial charge in [0.25, 0.3) is 0 Å². The molecule has 2 heterocycles. The van der Waals surface area contributed by atoms with E-state index in [4.69, 9.17) is 22.9 Å². The van der Waals surface area contributed by atoms with Crippen molar-refractivity contribution < 1.29 is 43.2 Å². The zero-order valence-corrected chi connectivity index (χ0v) is 58.8. The third-order valence-corrected chi connectivity index (χ3v) is 18.3. The number of nitrogens with two attached hydrogens (primary N) is 4. The number of primary amides is 1. The minimum absolute atomic E-state index is 0.00542. The SMILES string of the molecule is CC(=O)N[C@H](CCC(=O)N[C@@H](CCCCN)CCC(=O)N[C@H](CCC(=O)N[C@H](CCC(=O)N[C@@H](CCCCN)CCC(=O)N[C@H](CCC(=O)N[C@@H](CCCCN)CCC(=O)N[C@H](CCC(N)=O)C(C)C)Cc1c[nH]c2ccccc12)C(C)C)Cc1c[nH]c2ccccc12)C(C)C. The van der Waals surface area contributed by atoms with Crippen molar-refractivity contribution in [2.24, 2.45) is 40.7 Å². The monoisotopic (exact) mass is 1340 g/mol. The van der Waals surface area contributed by atoms with Crippen LogP contribution in [-0.4, -0.2) is 131 Å². The maximum Gasteiger partial charge on any atom is 0.220 e. The van der Waals surface area contributed by atoms with Crippen LogP contribution in [0.1, 0.15) is 220 Å². The average molecular weight is 1340 g/mol. The zero-order valence-electron chi connectivity index (χ0n) is 58.8. The Hall–Kier alpha value is -7.37. The van der Waals surface area contributed by atoms with Crippen molar-refractivity contribution in [1.82, 2.24) is 52.5 Å². The third kappa shape index (κ3) is 32.6. The van der Waals surface area contributed by atoms with E-state index in [0.29, 0.717) is 103 Å². The molecular weight excluding hydrogens is 1220 g/mol. The summed E-state index contributed by atoms with van der Waals surface area (Å²) in [5.74, 6) is -1.57. The Kier molecular flexibility index (Phi) is 38.2. The second-order valence-corrected chi connectivity index (χ2v) is 27.5. The van der Waals surface area contributed by atoms with Gasteiger partial charge >= 0.3 is 0 Å². The van der Waals surface area contributed by atoms with E-state index in [9.17, 15) is 43.2 Å². The lowest BCUT2D eigenvalue weighted by atomic mass is 9.97. The first-order chi connectivity index (χ1) is 46.0. The van der Waals surface area contributed by atoms with E-state index >= 15 is 0 Å². The van der Waals surface area contributed by atoms with Crippen molar-refractivity contribution >= 4 is 75.0 Å². The van der Waals surface area contributed by atoms with Crippen LogP contribution >= 0.6 is 0 Å². The molecule has 4 aromatic rings. The fraction of sp³-hybridized carbons (Fsp3) is 0.658. The van der Waals surface area contributed by atoms with E-state index in [-0.39, 0.29) is 153 Å². The van der Waals surface area contributed by atoms with Gasteiger partial charge in [0, 0.05) is 141 Å². The molecule has 9 amide bonds. The fourth-order valence-electron chi connectivity index (χ4n) is 12.5. The van der Waals surface area contributed by atoms with Crippen molar-refractivity contribution in [1.29, 1.82) is 0 Å². The first-order valence-corrected chi connectivity index (χ1v) is 35.8. The van der Waals surface area contributed by atoms with Gasteiger partial charge in [0.1, 0.15) is 0 Å². The topological polar surface area (TPSA) is 386 Å². The number of para-hydroxylation sites is 2. The highest BCUT2D eigenvalue weighted by Crippen LogP contribution is 2.24. The highest BCUT2D eigenvalue weighted by molar-refractivity contribution is 5.85. The molecule has 0 radical (unpaired) electrons.